The second-order valence-corrected chi connectivity index (χ2v) is 6.14. The lowest BCUT2D eigenvalue weighted by Crippen LogP contribution is -2.29. The molecule has 3 atom stereocenters. The van der Waals surface area contributed by atoms with Crippen molar-refractivity contribution in [3.8, 4) is 5.75 Å². The zero-order valence-corrected chi connectivity index (χ0v) is 12.6. The molecule has 2 fully saturated rings. The van der Waals surface area contributed by atoms with Crippen molar-refractivity contribution in [2.75, 3.05) is 38.0 Å². The molecule has 110 valence electrons. The van der Waals surface area contributed by atoms with Crippen molar-refractivity contribution in [1.82, 2.24) is 9.97 Å². The van der Waals surface area contributed by atoms with E-state index in [9.17, 15) is 0 Å². The maximum absolute atomic E-state index is 5.49. The van der Waals surface area contributed by atoms with Crippen molar-refractivity contribution in [2.24, 2.45) is 17.8 Å². The minimum atomic E-state index is 0.737. The smallest absolute Gasteiger partial charge is 0.204 e. The fraction of sp³-hybridized carbons (Fsp3) is 0.733. The molecule has 0 radical (unpaired) electrons. The van der Waals surface area contributed by atoms with Gasteiger partial charge in [0.15, 0.2) is 11.6 Å². The predicted octanol–water partition coefficient (Wildman–Crippen LogP) is 2.40. The van der Waals surface area contributed by atoms with Gasteiger partial charge in [0.2, 0.25) is 5.75 Å². The first-order valence-electron chi connectivity index (χ1n) is 7.50. The minimum absolute atomic E-state index is 0.737. The van der Waals surface area contributed by atoms with Gasteiger partial charge in [0, 0.05) is 20.6 Å². The Labute approximate surface area is 120 Å². The zero-order chi connectivity index (χ0) is 14.1. The van der Waals surface area contributed by atoms with E-state index in [4.69, 9.17) is 4.74 Å². The molecule has 5 heteroatoms. The van der Waals surface area contributed by atoms with Gasteiger partial charge in [0.05, 0.1) is 7.11 Å². The second-order valence-electron chi connectivity index (χ2n) is 6.14. The number of nitrogens with zero attached hydrogens (tertiary/aromatic N) is 3. The summed E-state index contributed by atoms with van der Waals surface area (Å²) in [6.07, 6.45) is 7.31. The molecule has 0 aromatic carbocycles. The van der Waals surface area contributed by atoms with Gasteiger partial charge in [-0.3, -0.25) is 0 Å². The van der Waals surface area contributed by atoms with Crippen LogP contribution in [0.4, 0.5) is 11.6 Å². The summed E-state index contributed by atoms with van der Waals surface area (Å²) in [5.74, 6) is 5.10. The van der Waals surface area contributed by atoms with Crippen LogP contribution in [0.15, 0.2) is 6.33 Å². The van der Waals surface area contributed by atoms with Crippen LogP contribution in [0.5, 0.6) is 5.75 Å². The van der Waals surface area contributed by atoms with Crippen molar-refractivity contribution >= 4 is 11.6 Å². The highest BCUT2D eigenvalue weighted by atomic mass is 16.5. The quantitative estimate of drug-likeness (QED) is 0.895. The Kier molecular flexibility index (Phi) is 3.68. The summed E-state index contributed by atoms with van der Waals surface area (Å²) in [5, 5.41) is 3.06. The van der Waals surface area contributed by atoms with E-state index >= 15 is 0 Å². The van der Waals surface area contributed by atoms with Gasteiger partial charge in [-0.1, -0.05) is 6.42 Å². The lowest BCUT2D eigenvalue weighted by atomic mass is 9.88. The number of methoxy groups -OCH3 is 1. The van der Waals surface area contributed by atoms with E-state index in [-0.39, 0.29) is 0 Å². The lowest BCUT2D eigenvalue weighted by molar-refractivity contribution is 0.335. The molecule has 1 aromatic rings. The maximum Gasteiger partial charge on any atom is 0.204 e. The molecule has 3 rings (SSSR count). The minimum Gasteiger partial charge on any atom is -0.490 e. The van der Waals surface area contributed by atoms with Crippen molar-refractivity contribution in [2.45, 2.75) is 25.7 Å². The summed E-state index contributed by atoms with van der Waals surface area (Å²) in [6.45, 7) is 1.07. The standard InChI is InChI=1S/C15H24N4O/c1-16-14-13(20-3)15(18-9-17-14)19(2)8-12-7-10-4-5-11(12)6-10/h9-12H,4-8H2,1-3H3,(H,16,17,18). The third kappa shape index (κ3) is 2.30. The highest BCUT2D eigenvalue weighted by Gasteiger charge is 2.40. The fourth-order valence-corrected chi connectivity index (χ4v) is 4.04. The lowest BCUT2D eigenvalue weighted by Gasteiger charge is -2.28. The van der Waals surface area contributed by atoms with Gasteiger partial charge in [-0.15, -0.1) is 0 Å². The predicted molar refractivity (Wildman–Crippen MR) is 80.3 cm³/mol. The molecule has 5 nitrogen and oxygen atoms in total. The molecule has 1 aromatic heterocycles. The molecule has 2 saturated carbocycles. The third-order valence-corrected chi connectivity index (χ3v) is 4.98. The normalized spacial score (nSPS) is 27.6. The number of fused-ring (bicyclic) bond motifs is 2. The van der Waals surface area contributed by atoms with Gasteiger partial charge in [0.1, 0.15) is 6.33 Å². The molecule has 3 unspecified atom stereocenters. The van der Waals surface area contributed by atoms with E-state index in [1.807, 2.05) is 7.05 Å². The van der Waals surface area contributed by atoms with E-state index in [2.05, 4.69) is 27.2 Å². The van der Waals surface area contributed by atoms with Crippen LogP contribution >= 0.6 is 0 Å². The first-order chi connectivity index (χ1) is 9.72. The van der Waals surface area contributed by atoms with E-state index in [1.54, 1.807) is 13.4 Å². The van der Waals surface area contributed by atoms with Crippen LogP contribution in [-0.2, 0) is 0 Å². The molecule has 20 heavy (non-hydrogen) atoms. The molecule has 0 aliphatic heterocycles. The molecule has 2 bridgehead atoms. The van der Waals surface area contributed by atoms with Crippen molar-refractivity contribution in [3.05, 3.63) is 6.33 Å². The Morgan fingerprint density at radius 3 is 2.80 bits per heavy atom. The number of hydrogen-bond donors (Lipinski definition) is 1. The monoisotopic (exact) mass is 276 g/mol. The number of rotatable bonds is 5. The third-order valence-electron chi connectivity index (χ3n) is 4.98. The van der Waals surface area contributed by atoms with Crippen LogP contribution in [0.25, 0.3) is 0 Å². The summed E-state index contributed by atoms with van der Waals surface area (Å²) >= 11 is 0. The summed E-state index contributed by atoms with van der Waals surface area (Å²) < 4.78 is 5.49. The number of hydrogen-bond acceptors (Lipinski definition) is 5. The Balaban J connectivity index is 1.75. The van der Waals surface area contributed by atoms with Crippen LogP contribution in [-0.4, -0.2) is 37.7 Å². The number of ether oxygens (including phenoxy) is 1. The molecular formula is C15H24N4O. The van der Waals surface area contributed by atoms with Gasteiger partial charge in [0.25, 0.3) is 0 Å². The van der Waals surface area contributed by atoms with Gasteiger partial charge in [-0.2, -0.15) is 0 Å². The zero-order valence-electron chi connectivity index (χ0n) is 12.6. The van der Waals surface area contributed by atoms with Crippen LogP contribution < -0.4 is 15.0 Å². The van der Waals surface area contributed by atoms with Gasteiger partial charge in [-0.05, 0) is 37.0 Å². The molecule has 1 heterocycles. The largest absolute Gasteiger partial charge is 0.490 e. The summed E-state index contributed by atoms with van der Waals surface area (Å²) in [5.41, 5.74) is 0. The van der Waals surface area contributed by atoms with Crippen molar-refractivity contribution in [3.63, 3.8) is 0 Å². The fourth-order valence-electron chi connectivity index (χ4n) is 4.04. The molecule has 1 N–H and O–H groups in total. The number of aromatic nitrogens is 2. The van der Waals surface area contributed by atoms with Crippen molar-refractivity contribution in [1.29, 1.82) is 0 Å². The van der Waals surface area contributed by atoms with Gasteiger partial charge >= 0.3 is 0 Å². The summed E-state index contributed by atoms with van der Waals surface area (Å²) in [6, 6.07) is 0. The first kappa shape index (κ1) is 13.5. The van der Waals surface area contributed by atoms with Crippen LogP contribution in [0.1, 0.15) is 25.7 Å². The van der Waals surface area contributed by atoms with Crippen LogP contribution in [0.3, 0.4) is 0 Å². The Morgan fingerprint density at radius 1 is 1.35 bits per heavy atom. The molecular weight excluding hydrogens is 252 g/mol. The summed E-state index contributed by atoms with van der Waals surface area (Å²) in [7, 11) is 5.63. The average molecular weight is 276 g/mol. The average Bonchev–Trinajstić information content (AvgIpc) is 3.08. The number of nitrogens with one attached hydrogen (secondary N) is 1. The van der Waals surface area contributed by atoms with Crippen LogP contribution in [0.2, 0.25) is 0 Å². The Hall–Kier alpha value is -1.52. The highest BCUT2D eigenvalue weighted by Crippen LogP contribution is 2.48. The molecule has 2 aliphatic rings. The summed E-state index contributed by atoms with van der Waals surface area (Å²) in [4.78, 5) is 10.8. The van der Waals surface area contributed by atoms with E-state index in [0.29, 0.717) is 0 Å². The SMILES string of the molecule is CNc1ncnc(N(C)CC2CC3CCC2C3)c1OC. The second kappa shape index (κ2) is 5.46. The van der Waals surface area contributed by atoms with E-state index < -0.39 is 0 Å². The molecule has 0 saturated heterocycles. The Morgan fingerprint density at radius 2 is 2.20 bits per heavy atom. The van der Waals surface area contributed by atoms with E-state index in [0.717, 1.165) is 41.7 Å². The molecule has 0 amide bonds. The maximum atomic E-state index is 5.49. The first-order valence-corrected chi connectivity index (χ1v) is 7.50. The van der Waals surface area contributed by atoms with Gasteiger partial charge < -0.3 is 15.0 Å². The van der Waals surface area contributed by atoms with Crippen molar-refractivity contribution < 1.29 is 4.74 Å². The van der Waals surface area contributed by atoms with E-state index in [1.165, 1.54) is 25.7 Å². The number of anilines is 2. The topological polar surface area (TPSA) is 50.3 Å². The van der Waals surface area contributed by atoms with Crippen LogP contribution in [0, 0.1) is 17.8 Å². The van der Waals surface area contributed by atoms with Gasteiger partial charge in [-0.25, -0.2) is 9.97 Å². The Bertz CT molecular complexity index is 479. The molecule has 0 spiro atoms. The highest BCUT2D eigenvalue weighted by molar-refractivity contribution is 5.64. The molecule has 2 aliphatic carbocycles.